The van der Waals surface area contributed by atoms with E-state index >= 15 is 0 Å². The molecule has 2 aromatic rings. The second-order valence-electron chi connectivity index (χ2n) is 4.41. The van der Waals surface area contributed by atoms with Crippen molar-refractivity contribution in [2.45, 2.75) is 33.1 Å². The van der Waals surface area contributed by atoms with Crippen molar-refractivity contribution in [2.24, 2.45) is 7.05 Å². The summed E-state index contributed by atoms with van der Waals surface area (Å²) in [6.07, 6.45) is 2.95. The van der Waals surface area contributed by atoms with E-state index in [0.717, 1.165) is 11.9 Å². The van der Waals surface area contributed by atoms with Crippen LogP contribution in [0.3, 0.4) is 0 Å². The number of aryl methyl sites for hydroxylation is 2. The van der Waals surface area contributed by atoms with E-state index in [1.807, 2.05) is 6.33 Å². The van der Waals surface area contributed by atoms with Gasteiger partial charge in [-0.15, -0.1) is 0 Å². The summed E-state index contributed by atoms with van der Waals surface area (Å²) in [4.78, 5) is 4.45. The molecule has 0 fully saturated rings. The second kappa shape index (κ2) is 3.69. The molecular formula is C13H18N2. The predicted molar refractivity (Wildman–Crippen MR) is 64.2 cm³/mol. The maximum Gasteiger partial charge on any atom is 0.0955 e. The molecule has 0 spiro atoms. The van der Waals surface area contributed by atoms with E-state index in [4.69, 9.17) is 0 Å². The largest absolute Gasteiger partial charge is 0.334 e. The Labute approximate surface area is 90.9 Å². The first kappa shape index (κ1) is 10.2. The lowest BCUT2D eigenvalue weighted by Gasteiger charge is -2.09. The van der Waals surface area contributed by atoms with Crippen LogP contribution in [-0.4, -0.2) is 9.55 Å². The minimum Gasteiger partial charge on any atom is -0.334 e. The molecule has 2 rings (SSSR count). The predicted octanol–water partition coefficient (Wildman–Crippen LogP) is 3.26. The molecule has 0 unspecified atom stereocenters. The monoisotopic (exact) mass is 202 g/mol. The minimum absolute atomic E-state index is 0.578. The van der Waals surface area contributed by atoms with Crippen LogP contribution in [0.1, 0.15) is 37.8 Å². The van der Waals surface area contributed by atoms with Gasteiger partial charge in [0.2, 0.25) is 0 Å². The van der Waals surface area contributed by atoms with Gasteiger partial charge in [-0.05, 0) is 29.5 Å². The van der Waals surface area contributed by atoms with Crippen molar-refractivity contribution in [2.75, 3.05) is 0 Å². The van der Waals surface area contributed by atoms with E-state index < -0.39 is 0 Å². The molecule has 1 aromatic heterocycles. The zero-order chi connectivity index (χ0) is 11.0. The molecular weight excluding hydrogens is 184 g/mol. The Kier molecular flexibility index (Phi) is 2.51. The van der Waals surface area contributed by atoms with E-state index in [1.54, 1.807) is 0 Å². The molecule has 0 N–H and O–H groups in total. The van der Waals surface area contributed by atoms with E-state index in [1.165, 1.54) is 16.6 Å². The van der Waals surface area contributed by atoms with Crippen molar-refractivity contribution < 1.29 is 0 Å². The zero-order valence-electron chi connectivity index (χ0n) is 9.91. The van der Waals surface area contributed by atoms with Gasteiger partial charge in [-0.2, -0.15) is 0 Å². The Morgan fingerprint density at radius 1 is 1.33 bits per heavy atom. The van der Waals surface area contributed by atoms with Gasteiger partial charge in [-0.3, -0.25) is 0 Å². The van der Waals surface area contributed by atoms with Crippen molar-refractivity contribution in [3.8, 4) is 0 Å². The van der Waals surface area contributed by atoms with Gasteiger partial charge in [0.15, 0.2) is 0 Å². The van der Waals surface area contributed by atoms with Crippen molar-refractivity contribution in [3.05, 3.63) is 29.6 Å². The van der Waals surface area contributed by atoms with Crippen LogP contribution >= 0.6 is 0 Å². The summed E-state index contributed by atoms with van der Waals surface area (Å²) in [7, 11) is 2.05. The number of fused-ring (bicyclic) bond motifs is 1. The fraction of sp³-hybridized carbons (Fsp3) is 0.462. The molecule has 15 heavy (non-hydrogen) atoms. The van der Waals surface area contributed by atoms with Gasteiger partial charge in [-0.25, -0.2) is 4.98 Å². The standard InChI is InChI=1S/C13H18N2/c1-5-10-6-11(9(2)3)7-12-13(10)14-8-15(12)4/h6-9H,5H2,1-4H3. The molecule has 0 aliphatic rings. The average molecular weight is 202 g/mol. The van der Waals surface area contributed by atoms with Crippen LogP contribution in [0.2, 0.25) is 0 Å². The first-order valence-electron chi connectivity index (χ1n) is 5.57. The number of benzene rings is 1. The Balaban J connectivity index is 2.74. The van der Waals surface area contributed by atoms with Gasteiger partial charge in [0.25, 0.3) is 0 Å². The first-order chi connectivity index (χ1) is 7.13. The topological polar surface area (TPSA) is 17.8 Å². The van der Waals surface area contributed by atoms with E-state index in [9.17, 15) is 0 Å². The summed E-state index contributed by atoms with van der Waals surface area (Å²) in [5, 5.41) is 0. The molecule has 0 atom stereocenters. The Bertz CT molecular complexity index is 480. The number of aromatic nitrogens is 2. The molecule has 2 heteroatoms. The zero-order valence-corrected chi connectivity index (χ0v) is 9.91. The van der Waals surface area contributed by atoms with Gasteiger partial charge in [0, 0.05) is 7.05 Å². The quantitative estimate of drug-likeness (QED) is 0.731. The van der Waals surface area contributed by atoms with Crippen LogP contribution in [0.5, 0.6) is 0 Å². The van der Waals surface area contributed by atoms with Crippen molar-refractivity contribution >= 4 is 11.0 Å². The summed E-state index contributed by atoms with van der Waals surface area (Å²) < 4.78 is 2.10. The molecule has 1 heterocycles. The Morgan fingerprint density at radius 2 is 2.07 bits per heavy atom. The SMILES string of the molecule is CCc1cc(C(C)C)cc2c1ncn2C. The van der Waals surface area contributed by atoms with Crippen molar-refractivity contribution in [1.82, 2.24) is 9.55 Å². The number of rotatable bonds is 2. The first-order valence-corrected chi connectivity index (χ1v) is 5.57. The second-order valence-corrected chi connectivity index (χ2v) is 4.41. The molecule has 1 aromatic carbocycles. The molecule has 0 amide bonds. The summed E-state index contributed by atoms with van der Waals surface area (Å²) in [6.45, 7) is 6.65. The highest BCUT2D eigenvalue weighted by Crippen LogP contribution is 2.24. The molecule has 0 aliphatic heterocycles. The molecule has 0 radical (unpaired) electrons. The minimum atomic E-state index is 0.578. The fourth-order valence-electron chi connectivity index (χ4n) is 1.93. The Hall–Kier alpha value is -1.31. The van der Waals surface area contributed by atoms with Crippen molar-refractivity contribution in [3.63, 3.8) is 0 Å². The van der Waals surface area contributed by atoms with Crippen LogP contribution < -0.4 is 0 Å². The summed E-state index contributed by atoms with van der Waals surface area (Å²) in [5.74, 6) is 0.578. The highest BCUT2D eigenvalue weighted by Gasteiger charge is 2.08. The van der Waals surface area contributed by atoms with Gasteiger partial charge in [0.05, 0.1) is 17.4 Å². The molecule has 0 saturated carbocycles. The van der Waals surface area contributed by atoms with Gasteiger partial charge >= 0.3 is 0 Å². The van der Waals surface area contributed by atoms with Crippen LogP contribution in [0.4, 0.5) is 0 Å². The van der Waals surface area contributed by atoms with E-state index in [2.05, 4.69) is 49.5 Å². The lowest BCUT2D eigenvalue weighted by molar-refractivity contribution is 0.862. The number of hydrogen-bond donors (Lipinski definition) is 0. The van der Waals surface area contributed by atoms with Crippen LogP contribution in [-0.2, 0) is 13.5 Å². The molecule has 0 saturated heterocycles. The van der Waals surface area contributed by atoms with Crippen LogP contribution in [0.15, 0.2) is 18.5 Å². The molecule has 0 aliphatic carbocycles. The lowest BCUT2D eigenvalue weighted by atomic mass is 9.98. The number of imidazole rings is 1. The lowest BCUT2D eigenvalue weighted by Crippen LogP contribution is -1.93. The van der Waals surface area contributed by atoms with Crippen LogP contribution in [0.25, 0.3) is 11.0 Å². The smallest absolute Gasteiger partial charge is 0.0955 e. The Morgan fingerprint density at radius 3 is 2.67 bits per heavy atom. The number of hydrogen-bond acceptors (Lipinski definition) is 1. The third-order valence-corrected chi connectivity index (χ3v) is 2.98. The highest BCUT2D eigenvalue weighted by molar-refractivity contribution is 5.80. The molecule has 80 valence electrons. The molecule has 2 nitrogen and oxygen atoms in total. The fourth-order valence-corrected chi connectivity index (χ4v) is 1.93. The number of nitrogens with zero attached hydrogens (tertiary/aromatic N) is 2. The van der Waals surface area contributed by atoms with Gasteiger partial charge in [0.1, 0.15) is 0 Å². The van der Waals surface area contributed by atoms with Crippen molar-refractivity contribution in [1.29, 1.82) is 0 Å². The van der Waals surface area contributed by atoms with E-state index in [-0.39, 0.29) is 0 Å². The maximum atomic E-state index is 4.45. The van der Waals surface area contributed by atoms with E-state index in [0.29, 0.717) is 5.92 Å². The van der Waals surface area contributed by atoms with Gasteiger partial charge < -0.3 is 4.57 Å². The summed E-state index contributed by atoms with van der Waals surface area (Å²) in [6, 6.07) is 4.55. The normalized spacial score (nSPS) is 11.5. The summed E-state index contributed by atoms with van der Waals surface area (Å²) >= 11 is 0. The third-order valence-electron chi connectivity index (χ3n) is 2.98. The third kappa shape index (κ3) is 1.65. The maximum absolute atomic E-state index is 4.45. The average Bonchev–Trinajstić information content (AvgIpc) is 2.59. The summed E-state index contributed by atoms with van der Waals surface area (Å²) in [5.41, 5.74) is 5.17. The highest BCUT2D eigenvalue weighted by atomic mass is 15.0. The molecule has 0 bridgehead atoms. The van der Waals surface area contributed by atoms with Crippen LogP contribution in [0, 0.1) is 0 Å². The van der Waals surface area contributed by atoms with Gasteiger partial charge in [-0.1, -0.05) is 26.8 Å².